The van der Waals surface area contributed by atoms with E-state index in [1.54, 1.807) is 12.8 Å². The molecule has 0 saturated heterocycles. The van der Waals surface area contributed by atoms with Crippen molar-refractivity contribution in [3.05, 3.63) is 106 Å². The summed E-state index contributed by atoms with van der Waals surface area (Å²) in [5.74, 6) is 1.05. The van der Waals surface area contributed by atoms with E-state index in [2.05, 4.69) is 10.1 Å². The van der Waals surface area contributed by atoms with Crippen LogP contribution in [0.1, 0.15) is 11.8 Å². The topological polar surface area (TPSA) is 57.0 Å². The van der Waals surface area contributed by atoms with Crippen molar-refractivity contribution >= 4 is 5.78 Å². The maximum atomic E-state index is 12.6. The summed E-state index contributed by atoms with van der Waals surface area (Å²) in [6.07, 6.45) is 19.1. The third kappa shape index (κ3) is 6.47. The summed E-state index contributed by atoms with van der Waals surface area (Å²) in [5, 5.41) is 4.03. The maximum Gasteiger partial charge on any atom is 2.00 e. The number of aryl methyl sites for hydroxylation is 1. The summed E-state index contributed by atoms with van der Waals surface area (Å²) >= 11 is 0. The molecule has 0 N–H and O–H groups in total. The molecule has 0 bridgehead atoms. The first-order valence-electron chi connectivity index (χ1n) is 8.24. The van der Waals surface area contributed by atoms with Gasteiger partial charge in [0.1, 0.15) is 18.4 Å². The van der Waals surface area contributed by atoms with Crippen LogP contribution in [0.15, 0.2) is 36.9 Å². The molecule has 5 nitrogen and oxygen atoms in total. The predicted octanol–water partition coefficient (Wildman–Crippen LogP) is 3.16. The monoisotopic (exact) mass is 401 g/mol. The van der Waals surface area contributed by atoms with E-state index in [0.717, 1.165) is 5.56 Å². The molecule has 1 aromatic carbocycles. The molecule has 1 heterocycles. The molecule has 136 valence electrons. The first-order valence-corrected chi connectivity index (χ1v) is 8.24. The molecule has 6 heteroatoms. The Kier molecular flexibility index (Phi) is 9.02. The summed E-state index contributed by atoms with van der Waals surface area (Å²) in [6.45, 7) is 1.97. The summed E-state index contributed by atoms with van der Waals surface area (Å²) < 4.78 is 7.25. The Bertz CT molecular complexity index is 673. The van der Waals surface area contributed by atoms with Crippen molar-refractivity contribution in [2.45, 2.75) is 13.2 Å². The van der Waals surface area contributed by atoms with Crippen molar-refractivity contribution in [3.63, 3.8) is 0 Å². The van der Waals surface area contributed by atoms with E-state index in [-0.39, 0.29) is 22.9 Å². The number of benzene rings is 1. The zero-order valence-electron chi connectivity index (χ0n) is 14.7. The van der Waals surface area contributed by atoms with Gasteiger partial charge in [-0.2, -0.15) is 5.10 Å². The number of aromatic nitrogens is 3. The largest absolute Gasteiger partial charge is 2.00 e. The minimum Gasteiger partial charge on any atom is -0.461 e. The molecule has 4 rings (SSSR count). The van der Waals surface area contributed by atoms with Crippen LogP contribution < -0.4 is 4.74 Å². The number of carbonyl (C=O) groups is 1. The number of Topliss-reactive ketones (excluding diaryl/α,β-unsaturated/α-hetero) is 1. The van der Waals surface area contributed by atoms with E-state index in [9.17, 15) is 4.79 Å². The van der Waals surface area contributed by atoms with Gasteiger partial charge in [-0.1, -0.05) is 12.1 Å². The quantitative estimate of drug-likeness (QED) is 0.723. The summed E-state index contributed by atoms with van der Waals surface area (Å²) in [5.41, 5.74) is 1.06. The van der Waals surface area contributed by atoms with E-state index < -0.39 is 6.23 Å². The van der Waals surface area contributed by atoms with E-state index >= 15 is 0 Å². The van der Waals surface area contributed by atoms with E-state index in [1.165, 1.54) is 17.3 Å². The molecular formula is C21H19FeN3O2+2. The van der Waals surface area contributed by atoms with E-state index in [0.29, 0.717) is 11.7 Å². The Morgan fingerprint density at radius 1 is 1.04 bits per heavy atom. The van der Waals surface area contributed by atoms with Crippen molar-refractivity contribution in [3.8, 4) is 5.75 Å². The zero-order chi connectivity index (χ0) is 18.2. The molecule has 0 amide bonds. The number of nitrogens with zero attached hydrogens (tertiary/aromatic N) is 3. The molecule has 10 radical (unpaired) electrons. The third-order valence-corrected chi connectivity index (χ3v) is 3.64. The smallest absolute Gasteiger partial charge is 0.461 e. The average molecular weight is 401 g/mol. The Labute approximate surface area is 172 Å². The minimum atomic E-state index is -0.864. The van der Waals surface area contributed by atoms with Gasteiger partial charge >= 0.3 is 17.1 Å². The number of hydrogen-bond donors (Lipinski definition) is 0. The molecule has 1 aromatic heterocycles. The number of hydrogen-bond acceptors (Lipinski definition) is 4. The van der Waals surface area contributed by atoms with Gasteiger partial charge in [0.2, 0.25) is 5.78 Å². The Morgan fingerprint density at radius 2 is 1.70 bits per heavy atom. The number of ether oxygens (including phenoxy) is 1. The minimum absolute atomic E-state index is 0. The second-order valence-electron chi connectivity index (χ2n) is 5.66. The van der Waals surface area contributed by atoms with Crippen LogP contribution in [0.2, 0.25) is 0 Å². The standard InChI is InChI=1S/C16H14N3O2.C5H5.Fe/c1-12-5-4-8-14(9-12)21-16(19-11-17-10-18-19)15(20)13-6-2-3-7-13;1-2-4-5-3-1;/h2-11,16H,1H3;1-5H;/q;;+2. The van der Waals surface area contributed by atoms with Crippen LogP contribution in [-0.4, -0.2) is 20.5 Å². The fourth-order valence-corrected chi connectivity index (χ4v) is 2.39. The van der Waals surface area contributed by atoms with Crippen molar-refractivity contribution in [1.29, 1.82) is 0 Å². The van der Waals surface area contributed by atoms with Gasteiger partial charge in [0, 0.05) is 0 Å². The summed E-state index contributed by atoms with van der Waals surface area (Å²) in [7, 11) is 0. The van der Waals surface area contributed by atoms with Crippen LogP contribution in [0.3, 0.4) is 0 Å². The first kappa shape index (κ1) is 21.6. The van der Waals surface area contributed by atoms with Crippen LogP contribution in [0.25, 0.3) is 0 Å². The van der Waals surface area contributed by atoms with Gasteiger partial charge in [-0.15, -0.1) is 0 Å². The van der Waals surface area contributed by atoms with Crippen LogP contribution in [0, 0.1) is 70.6 Å². The second-order valence-corrected chi connectivity index (χ2v) is 5.66. The fourth-order valence-electron chi connectivity index (χ4n) is 2.39. The molecule has 1 unspecified atom stereocenters. The second kappa shape index (κ2) is 11.3. The van der Waals surface area contributed by atoms with Gasteiger partial charge in [-0.25, -0.2) is 9.67 Å². The Balaban J connectivity index is 0.000000379. The third-order valence-electron chi connectivity index (χ3n) is 3.64. The van der Waals surface area contributed by atoms with Gasteiger partial charge < -0.3 is 4.74 Å². The Morgan fingerprint density at radius 3 is 2.26 bits per heavy atom. The van der Waals surface area contributed by atoms with Gasteiger partial charge in [0.05, 0.1) is 5.92 Å². The van der Waals surface area contributed by atoms with Gasteiger partial charge in [-0.05, 0) is 82.4 Å². The van der Waals surface area contributed by atoms with Gasteiger partial charge in [0.25, 0.3) is 6.23 Å². The van der Waals surface area contributed by atoms with E-state index in [4.69, 9.17) is 4.74 Å². The number of carbonyl (C=O) groups excluding carboxylic acids is 1. The molecule has 27 heavy (non-hydrogen) atoms. The maximum absolute atomic E-state index is 12.6. The normalized spacial score (nSPS) is 17.5. The first-order chi connectivity index (χ1) is 12.7. The summed E-state index contributed by atoms with van der Waals surface area (Å²) in [6, 6.07) is 7.55. The van der Waals surface area contributed by atoms with Crippen molar-refractivity contribution in [2.75, 3.05) is 0 Å². The van der Waals surface area contributed by atoms with Gasteiger partial charge in [0.15, 0.2) is 0 Å². The molecule has 2 aromatic rings. The molecule has 0 spiro atoms. The van der Waals surface area contributed by atoms with Crippen LogP contribution in [-0.2, 0) is 21.9 Å². The molecule has 1 atom stereocenters. The number of ketones is 1. The molecule has 0 aliphatic heterocycles. The number of rotatable bonds is 5. The Hall–Kier alpha value is -1.65. The molecule has 2 fully saturated rings. The van der Waals surface area contributed by atoms with Crippen molar-refractivity contribution < 1.29 is 26.6 Å². The SMILES string of the molecule is Cc1cccc(OC(C(=O)[C]2[CH][CH][CH][CH]2)n2cncn2)c1.[CH]1[CH][CH][CH][CH]1.[Fe+2]. The van der Waals surface area contributed by atoms with Crippen LogP contribution in [0.4, 0.5) is 0 Å². The molecule has 2 aliphatic carbocycles. The van der Waals surface area contributed by atoms with Crippen LogP contribution in [0.5, 0.6) is 5.75 Å². The van der Waals surface area contributed by atoms with Crippen molar-refractivity contribution in [1.82, 2.24) is 14.8 Å². The molecule has 2 saturated carbocycles. The van der Waals surface area contributed by atoms with Crippen LogP contribution >= 0.6 is 0 Å². The summed E-state index contributed by atoms with van der Waals surface area (Å²) in [4.78, 5) is 16.5. The zero-order valence-corrected chi connectivity index (χ0v) is 15.9. The van der Waals surface area contributed by atoms with Gasteiger partial charge in [-0.3, -0.25) is 4.79 Å². The fraction of sp³-hybridized carbons (Fsp3) is 0.0952. The molecule has 2 aliphatic rings. The molecular weight excluding hydrogens is 382 g/mol. The average Bonchev–Trinajstić information content (AvgIpc) is 3.44. The van der Waals surface area contributed by atoms with E-state index in [1.807, 2.05) is 76.1 Å². The predicted molar refractivity (Wildman–Crippen MR) is 97.8 cm³/mol. The van der Waals surface area contributed by atoms with Crippen molar-refractivity contribution in [2.24, 2.45) is 0 Å².